The number of piperidine rings is 1. The van der Waals surface area contributed by atoms with Gasteiger partial charge in [0.2, 0.25) is 0 Å². The fourth-order valence-corrected chi connectivity index (χ4v) is 4.26. The molecule has 0 saturated carbocycles. The number of likely N-dealkylation sites (tertiary alicyclic amines) is 1. The van der Waals surface area contributed by atoms with Gasteiger partial charge in [0, 0.05) is 19.6 Å². The number of hydrogen-bond donors (Lipinski definition) is 0. The monoisotopic (exact) mass is 482 g/mol. The van der Waals surface area contributed by atoms with Gasteiger partial charge in [-0.2, -0.15) is 0 Å². The molecule has 0 amide bonds. The third-order valence-corrected chi connectivity index (χ3v) is 6.11. The van der Waals surface area contributed by atoms with Gasteiger partial charge >= 0.3 is 5.97 Å². The standard InChI is InChI=1S/C27H28F2N2O4/c1-33-24-11-9-20(30-25(24)27(32)34-2)17-31-14-12-21(13-15-31)35-26(18-6-4-3-5-7-18)19-8-10-22(28)23(29)16-19/h3-11,16,21,26H,12-15,17H2,1-2H3. The predicted molar refractivity (Wildman–Crippen MR) is 126 cm³/mol. The molecule has 35 heavy (non-hydrogen) atoms. The normalized spacial score (nSPS) is 15.5. The second-order valence-electron chi connectivity index (χ2n) is 8.42. The van der Waals surface area contributed by atoms with Gasteiger partial charge < -0.3 is 14.2 Å². The van der Waals surface area contributed by atoms with Gasteiger partial charge in [-0.15, -0.1) is 0 Å². The van der Waals surface area contributed by atoms with Crippen LogP contribution in [0.2, 0.25) is 0 Å². The first kappa shape index (κ1) is 24.8. The van der Waals surface area contributed by atoms with Gasteiger partial charge in [0.1, 0.15) is 6.10 Å². The largest absolute Gasteiger partial charge is 0.494 e. The minimum atomic E-state index is -0.889. The van der Waals surface area contributed by atoms with E-state index >= 15 is 0 Å². The van der Waals surface area contributed by atoms with Gasteiger partial charge in [0.05, 0.1) is 26.0 Å². The summed E-state index contributed by atoms with van der Waals surface area (Å²) in [6, 6.07) is 17.0. The highest BCUT2D eigenvalue weighted by molar-refractivity contribution is 5.90. The van der Waals surface area contributed by atoms with Crippen LogP contribution in [0.1, 0.15) is 46.3 Å². The minimum absolute atomic E-state index is 0.0426. The molecule has 6 nitrogen and oxygen atoms in total. The number of ether oxygens (including phenoxy) is 3. The molecule has 1 aromatic heterocycles. The summed E-state index contributed by atoms with van der Waals surface area (Å²) in [5.41, 5.74) is 2.37. The highest BCUT2D eigenvalue weighted by atomic mass is 19.2. The van der Waals surface area contributed by atoms with Crippen molar-refractivity contribution in [3.63, 3.8) is 0 Å². The highest BCUT2D eigenvalue weighted by Gasteiger charge is 2.26. The topological polar surface area (TPSA) is 60.9 Å². The van der Waals surface area contributed by atoms with Gasteiger partial charge in [0.15, 0.2) is 23.1 Å². The summed E-state index contributed by atoms with van der Waals surface area (Å²) >= 11 is 0. The van der Waals surface area contributed by atoms with Crippen molar-refractivity contribution in [2.75, 3.05) is 27.3 Å². The average Bonchev–Trinajstić information content (AvgIpc) is 2.90. The molecular formula is C27H28F2N2O4. The van der Waals surface area contributed by atoms with Crippen LogP contribution in [0.3, 0.4) is 0 Å². The first-order valence-electron chi connectivity index (χ1n) is 11.5. The van der Waals surface area contributed by atoms with Crippen LogP contribution in [-0.4, -0.2) is 49.3 Å². The minimum Gasteiger partial charge on any atom is -0.494 e. The first-order chi connectivity index (χ1) is 17.0. The van der Waals surface area contributed by atoms with E-state index < -0.39 is 23.7 Å². The van der Waals surface area contributed by atoms with Crippen molar-refractivity contribution in [1.82, 2.24) is 9.88 Å². The zero-order chi connectivity index (χ0) is 24.8. The van der Waals surface area contributed by atoms with Crippen LogP contribution in [0.15, 0.2) is 60.7 Å². The van der Waals surface area contributed by atoms with E-state index in [1.165, 1.54) is 20.3 Å². The molecule has 8 heteroatoms. The number of nitrogens with zero attached hydrogens (tertiary/aromatic N) is 2. The molecule has 184 valence electrons. The van der Waals surface area contributed by atoms with Gasteiger partial charge in [-0.25, -0.2) is 18.6 Å². The molecule has 1 saturated heterocycles. The molecule has 2 aromatic carbocycles. The van der Waals surface area contributed by atoms with Gasteiger partial charge in [-0.05, 0) is 48.2 Å². The maximum Gasteiger partial charge on any atom is 0.360 e. The van der Waals surface area contributed by atoms with E-state index in [1.54, 1.807) is 12.1 Å². The van der Waals surface area contributed by atoms with E-state index in [9.17, 15) is 13.6 Å². The van der Waals surface area contributed by atoms with Crippen LogP contribution in [-0.2, 0) is 16.0 Å². The van der Waals surface area contributed by atoms with Crippen molar-refractivity contribution >= 4 is 5.97 Å². The van der Waals surface area contributed by atoms with Crippen molar-refractivity contribution in [3.8, 4) is 5.75 Å². The molecule has 1 unspecified atom stereocenters. The molecule has 0 bridgehead atoms. The van der Waals surface area contributed by atoms with Gasteiger partial charge in [0.25, 0.3) is 0 Å². The fourth-order valence-electron chi connectivity index (χ4n) is 4.26. The Morgan fingerprint density at radius 2 is 1.74 bits per heavy atom. The Bertz CT molecular complexity index is 1150. The highest BCUT2D eigenvalue weighted by Crippen LogP contribution is 2.31. The summed E-state index contributed by atoms with van der Waals surface area (Å²) in [5.74, 6) is -1.94. The summed E-state index contributed by atoms with van der Waals surface area (Å²) in [7, 11) is 2.79. The average molecular weight is 483 g/mol. The summed E-state index contributed by atoms with van der Waals surface area (Å²) in [5, 5.41) is 0. The Kier molecular flexibility index (Phi) is 8.05. The molecular weight excluding hydrogens is 454 g/mol. The van der Waals surface area contributed by atoms with E-state index in [1.807, 2.05) is 36.4 Å². The second-order valence-corrected chi connectivity index (χ2v) is 8.42. The lowest BCUT2D eigenvalue weighted by atomic mass is 9.99. The van der Waals surface area contributed by atoms with Crippen LogP contribution in [0.4, 0.5) is 8.78 Å². The van der Waals surface area contributed by atoms with E-state index in [4.69, 9.17) is 14.2 Å². The number of methoxy groups -OCH3 is 2. The van der Waals surface area contributed by atoms with Crippen LogP contribution in [0.5, 0.6) is 5.75 Å². The fraction of sp³-hybridized carbons (Fsp3) is 0.333. The number of carbonyl (C=O) groups excluding carboxylic acids is 1. The Labute approximate surface area is 203 Å². The molecule has 0 spiro atoms. The van der Waals surface area contributed by atoms with Crippen molar-refractivity contribution in [2.45, 2.75) is 31.6 Å². The molecule has 1 aliphatic rings. The van der Waals surface area contributed by atoms with E-state index in [0.29, 0.717) is 17.9 Å². The quantitative estimate of drug-likeness (QED) is 0.425. The SMILES string of the molecule is COC(=O)c1nc(CN2CCC(OC(c3ccccc3)c3ccc(F)c(F)c3)CC2)ccc1OC. The van der Waals surface area contributed by atoms with Gasteiger partial charge in [-0.1, -0.05) is 36.4 Å². The van der Waals surface area contributed by atoms with Gasteiger partial charge in [-0.3, -0.25) is 4.90 Å². The molecule has 3 aromatic rings. The number of benzene rings is 2. The van der Waals surface area contributed by atoms with E-state index in [2.05, 4.69) is 9.88 Å². The smallest absolute Gasteiger partial charge is 0.360 e. The Morgan fingerprint density at radius 1 is 1.00 bits per heavy atom. The van der Waals surface area contributed by atoms with Crippen molar-refractivity contribution in [3.05, 3.63) is 94.8 Å². The van der Waals surface area contributed by atoms with Crippen molar-refractivity contribution in [1.29, 1.82) is 0 Å². The van der Waals surface area contributed by atoms with Crippen LogP contribution < -0.4 is 4.74 Å². The number of rotatable bonds is 8. The number of pyridine rings is 1. The third kappa shape index (κ3) is 6.01. The maximum absolute atomic E-state index is 14.0. The lowest BCUT2D eigenvalue weighted by molar-refractivity contribution is -0.0284. The van der Waals surface area contributed by atoms with Crippen LogP contribution >= 0.6 is 0 Å². The molecule has 0 radical (unpaired) electrons. The molecule has 1 fully saturated rings. The summed E-state index contributed by atoms with van der Waals surface area (Å²) < 4.78 is 43.9. The molecule has 0 N–H and O–H groups in total. The first-order valence-corrected chi connectivity index (χ1v) is 11.5. The van der Waals surface area contributed by atoms with Crippen molar-refractivity contribution in [2.24, 2.45) is 0 Å². The maximum atomic E-state index is 14.0. The molecule has 1 aliphatic heterocycles. The van der Waals surface area contributed by atoms with E-state index in [0.717, 1.165) is 43.3 Å². The Morgan fingerprint density at radius 3 is 2.40 bits per heavy atom. The second kappa shape index (κ2) is 11.4. The lowest BCUT2D eigenvalue weighted by Crippen LogP contribution is -2.37. The molecule has 4 rings (SSSR count). The summed E-state index contributed by atoms with van der Waals surface area (Å²) in [4.78, 5) is 18.7. The molecule has 0 aliphatic carbocycles. The Balaban J connectivity index is 1.42. The molecule has 2 heterocycles. The predicted octanol–water partition coefficient (Wildman–Crippen LogP) is 4.93. The summed E-state index contributed by atoms with van der Waals surface area (Å²) in [6.07, 6.45) is 1.01. The van der Waals surface area contributed by atoms with Crippen LogP contribution in [0.25, 0.3) is 0 Å². The number of esters is 1. The zero-order valence-electron chi connectivity index (χ0n) is 19.7. The number of halogens is 2. The van der Waals surface area contributed by atoms with E-state index in [-0.39, 0.29) is 11.8 Å². The summed E-state index contributed by atoms with van der Waals surface area (Å²) in [6.45, 7) is 2.11. The Hall–Kier alpha value is -3.36. The van der Waals surface area contributed by atoms with Crippen molar-refractivity contribution < 1.29 is 27.8 Å². The lowest BCUT2D eigenvalue weighted by Gasteiger charge is -2.34. The molecule has 1 atom stereocenters. The number of carbonyl (C=O) groups is 1. The van der Waals surface area contributed by atoms with Crippen LogP contribution in [0, 0.1) is 11.6 Å². The number of aromatic nitrogens is 1. The zero-order valence-corrected chi connectivity index (χ0v) is 19.7. The third-order valence-electron chi connectivity index (χ3n) is 6.11. The number of hydrogen-bond acceptors (Lipinski definition) is 6.